The summed E-state index contributed by atoms with van der Waals surface area (Å²) in [6.45, 7) is 1.48. The van der Waals surface area contributed by atoms with E-state index in [9.17, 15) is 14.4 Å². The van der Waals surface area contributed by atoms with Gasteiger partial charge in [0.15, 0.2) is 11.7 Å². The fraction of sp³-hybridized carbons (Fsp3) is 0.158. The van der Waals surface area contributed by atoms with Gasteiger partial charge in [-0.1, -0.05) is 22.9 Å². The minimum Gasteiger partial charge on any atom is -0.483 e. The molecule has 0 radical (unpaired) electrons. The Bertz CT molecular complexity index is 954. The third-order valence-corrected chi connectivity index (χ3v) is 4.86. The van der Waals surface area contributed by atoms with Crippen LogP contribution in [0.5, 0.6) is 5.75 Å². The fourth-order valence-electron chi connectivity index (χ4n) is 2.07. The van der Waals surface area contributed by atoms with Gasteiger partial charge in [0.25, 0.3) is 11.8 Å². The van der Waals surface area contributed by atoms with E-state index < -0.39 is 11.8 Å². The molecule has 0 spiro atoms. The van der Waals surface area contributed by atoms with E-state index in [-0.39, 0.29) is 17.6 Å². The van der Waals surface area contributed by atoms with Crippen LogP contribution in [0, 0.1) is 0 Å². The lowest BCUT2D eigenvalue weighted by Crippen LogP contribution is -2.49. The van der Waals surface area contributed by atoms with Gasteiger partial charge < -0.3 is 10.1 Å². The highest BCUT2D eigenvalue weighted by Crippen LogP contribution is 2.28. The molecule has 3 amide bonds. The first-order chi connectivity index (χ1) is 14.3. The number of carbonyl (C=O) groups excluding carboxylic acids is 3. The number of hydrazine groups is 1. The van der Waals surface area contributed by atoms with Crippen molar-refractivity contribution in [3.05, 3.63) is 57.0 Å². The van der Waals surface area contributed by atoms with Gasteiger partial charge >= 0.3 is 0 Å². The predicted octanol–water partition coefficient (Wildman–Crippen LogP) is 3.27. The Morgan fingerprint density at radius 3 is 2.33 bits per heavy atom. The Labute approximate surface area is 195 Å². The molecule has 0 saturated heterocycles. The molecule has 0 fully saturated rings. The maximum atomic E-state index is 12.1. The van der Waals surface area contributed by atoms with Crippen molar-refractivity contribution in [3.8, 4) is 5.75 Å². The molecule has 0 heterocycles. The first-order valence-corrected chi connectivity index (χ1v) is 10.7. The zero-order chi connectivity index (χ0) is 22.1. The van der Waals surface area contributed by atoms with Crippen molar-refractivity contribution >= 4 is 72.6 Å². The lowest BCUT2D eigenvalue weighted by molar-refractivity contribution is -0.121. The van der Waals surface area contributed by atoms with E-state index in [1.165, 1.54) is 0 Å². The second kappa shape index (κ2) is 11.6. The molecule has 0 saturated carbocycles. The third kappa shape index (κ3) is 7.73. The number of carbonyl (C=O) groups is 3. The van der Waals surface area contributed by atoms with Crippen LogP contribution >= 0.6 is 44.1 Å². The molecule has 8 nitrogen and oxygen atoms in total. The molecule has 0 aliphatic carbocycles. The summed E-state index contributed by atoms with van der Waals surface area (Å²) in [5.41, 5.74) is 5.75. The molecular weight excluding hydrogens is 540 g/mol. The highest BCUT2D eigenvalue weighted by Gasteiger charge is 2.10. The molecule has 158 valence electrons. The second-order valence-electron chi connectivity index (χ2n) is 5.80. The highest BCUT2D eigenvalue weighted by atomic mass is 79.9. The second-order valence-corrected chi connectivity index (χ2v) is 7.98. The van der Waals surface area contributed by atoms with Gasteiger partial charge in [0, 0.05) is 22.1 Å². The summed E-state index contributed by atoms with van der Waals surface area (Å²) >= 11 is 11.6. The zero-order valence-electron chi connectivity index (χ0n) is 15.8. The maximum Gasteiger partial charge on any atom is 0.269 e. The summed E-state index contributed by atoms with van der Waals surface area (Å²) in [5.74, 6) is -0.576. The molecule has 4 N–H and O–H groups in total. The van der Waals surface area contributed by atoms with Gasteiger partial charge in [-0.15, -0.1) is 0 Å². The molecular formula is C19H18Br2N4O4S. The Morgan fingerprint density at radius 2 is 1.70 bits per heavy atom. The molecule has 0 atom stereocenters. The number of rotatable bonds is 6. The van der Waals surface area contributed by atoms with E-state index >= 15 is 0 Å². The van der Waals surface area contributed by atoms with Crippen molar-refractivity contribution in [1.29, 1.82) is 0 Å². The summed E-state index contributed by atoms with van der Waals surface area (Å²) < 4.78 is 6.97. The predicted molar refractivity (Wildman–Crippen MR) is 124 cm³/mol. The molecule has 2 rings (SSSR count). The van der Waals surface area contributed by atoms with Gasteiger partial charge in [0.1, 0.15) is 5.75 Å². The van der Waals surface area contributed by atoms with Crippen molar-refractivity contribution in [3.63, 3.8) is 0 Å². The number of benzene rings is 2. The maximum absolute atomic E-state index is 12.1. The minimum absolute atomic E-state index is 0.0846. The average Bonchev–Trinajstić information content (AvgIpc) is 2.71. The Morgan fingerprint density at radius 1 is 1.00 bits per heavy atom. The lowest BCUT2D eigenvalue weighted by atomic mass is 10.2. The Hall–Kier alpha value is -2.50. The van der Waals surface area contributed by atoms with Gasteiger partial charge in [0.2, 0.25) is 5.91 Å². The molecule has 30 heavy (non-hydrogen) atoms. The third-order valence-electron chi connectivity index (χ3n) is 3.55. The molecule has 0 aliphatic heterocycles. The van der Waals surface area contributed by atoms with Crippen molar-refractivity contribution in [2.75, 3.05) is 11.9 Å². The molecule has 2 aromatic carbocycles. The normalized spacial score (nSPS) is 9.97. The minimum atomic E-state index is -0.493. The zero-order valence-corrected chi connectivity index (χ0v) is 19.7. The Balaban J connectivity index is 1.75. The smallest absolute Gasteiger partial charge is 0.269 e. The SMILES string of the molecule is CCC(=O)Nc1ccc(C(=O)NNC(=S)NC(=O)COc2ccc(Br)cc2Br)cc1. The summed E-state index contributed by atoms with van der Waals surface area (Å²) in [5, 5.41) is 5.00. The molecule has 0 unspecified atom stereocenters. The number of hydrogen-bond donors (Lipinski definition) is 4. The van der Waals surface area contributed by atoms with Gasteiger partial charge in [-0.2, -0.15) is 0 Å². The van der Waals surface area contributed by atoms with E-state index in [1.807, 2.05) is 0 Å². The first-order valence-electron chi connectivity index (χ1n) is 8.66. The van der Waals surface area contributed by atoms with Crippen LogP contribution in [0.4, 0.5) is 5.69 Å². The number of ether oxygens (including phenoxy) is 1. The topological polar surface area (TPSA) is 109 Å². The van der Waals surface area contributed by atoms with Crippen LogP contribution in [-0.2, 0) is 9.59 Å². The van der Waals surface area contributed by atoms with Gasteiger partial charge in [-0.3, -0.25) is 30.6 Å². The number of nitrogens with one attached hydrogen (secondary N) is 4. The monoisotopic (exact) mass is 556 g/mol. The molecule has 11 heteroatoms. The largest absolute Gasteiger partial charge is 0.483 e. The summed E-state index contributed by atoms with van der Waals surface area (Å²) in [4.78, 5) is 35.4. The lowest BCUT2D eigenvalue weighted by Gasteiger charge is -2.12. The van der Waals surface area contributed by atoms with E-state index in [0.717, 1.165) is 4.47 Å². The van der Waals surface area contributed by atoms with Gasteiger partial charge in [-0.05, 0) is 70.6 Å². The molecule has 2 aromatic rings. The van der Waals surface area contributed by atoms with Gasteiger partial charge in [0.05, 0.1) is 4.47 Å². The number of thiocarbonyl (C=S) groups is 1. The summed E-state index contributed by atoms with van der Waals surface area (Å²) in [7, 11) is 0. The molecule has 0 aliphatic rings. The molecule has 0 bridgehead atoms. The quantitative estimate of drug-likeness (QED) is 0.321. The molecule has 0 aromatic heterocycles. The number of anilines is 1. The van der Waals surface area contributed by atoms with Crippen molar-refractivity contribution in [1.82, 2.24) is 16.2 Å². The van der Waals surface area contributed by atoms with Crippen LogP contribution in [-0.4, -0.2) is 29.4 Å². The van der Waals surface area contributed by atoms with E-state index in [4.69, 9.17) is 17.0 Å². The Kier molecular flexibility index (Phi) is 9.21. The highest BCUT2D eigenvalue weighted by molar-refractivity contribution is 9.11. The van der Waals surface area contributed by atoms with E-state index in [0.29, 0.717) is 27.9 Å². The van der Waals surface area contributed by atoms with Crippen LogP contribution in [0.2, 0.25) is 0 Å². The number of halogens is 2. The van der Waals surface area contributed by atoms with Crippen LogP contribution in [0.25, 0.3) is 0 Å². The summed E-state index contributed by atoms with van der Waals surface area (Å²) in [6.07, 6.45) is 0.362. The fourth-order valence-corrected chi connectivity index (χ4v) is 3.40. The van der Waals surface area contributed by atoms with Crippen LogP contribution in [0.1, 0.15) is 23.7 Å². The average molecular weight is 558 g/mol. The van der Waals surface area contributed by atoms with Crippen molar-refractivity contribution in [2.45, 2.75) is 13.3 Å². The van der Waals surface area contributed by atoms with E-state index in [1.54, 1.807) is 49.4 Å². The first kappa shape index (κ1) is 23.8. The van der Waals surface area contributed by atoms with Crippen molar-refractivity contribution in [2.24, 2.45) is 0 Å². The van der Waals surface area contributed by atoms with Gasteiger partial charge in [-0.25, -0.2) is 0 Å². The number of amides is 3. The summed E-state index contributed by atoms with van der Waals surface area (Å²) in [6, 6.07) is 11.6. The standard InChI is InChI=1S/C19H18Br2N4O4S/c1-2-16(26)22-13-6-3-11(4-7-13)18(28)24-25-19(30)23-17(27)10-29-15-8-5-12(20)9-14(15)21/h3-9H,2,10H2,1H3,(H,22,26)(H,24,28)(H2,23,25,27,30). The van der Waals surface area contributed by atoms with Crippen LogP contribution < -0.4 is 26.2 Å². The van der Waals surface area contributed by atoms with Crippen molar-refractivity contribution < 1.29 is 19.1 Å². The van der Waals surface area contributed by atoms with Crippen LogP contribution in [0.3, 0.4) is 0 Å². The number of hydrogen-bond acceptors (Lipinski definition) is 5. The van der Waals surface area contributed by atoms with Crippen LogP contribution in [0.15, 0.2) is 51.4 Å². The van der Waals surface area contributed by atoms with E-state index in [2.05, 4.69) is 53.3 Å².